The molecule has 8 nitrogen and oxygen atoms in total. The molecule has 0 unspecified atom stereocenters. The molecule has 1 fully saturated rings. The zero-order valence-corrected chi connectivity index (χ0v) is 15.5. The van der Waals surface area contributed by atoms with Crippen molar-refractivity contribution in [2.45, 2.75) is 31.7 Å². The zero-order valence-electron chi connectivity index (χ0n) is 15.5. The molecule has 2 heterocycles. The number of anilines is 1. The van der Waals surface area contributed by atoms with Gasteiger partial charge in [0.15, 0.2) is 23.0 Å². The second-order valence-corrected chi connectivity index (χ2v) is 6.76. The molecule has 0 saturated heterocycles. The molecule has 1 saturated carbocycles. The molecule has 3 aromatic rings. The Morgan fingerprint density at radius 1 is 1.18 bits per heavy atom. The van der Waals surface area contributed by atoms with Crippen LogP contribution in [0.5, 0.6) is 11.5 Å². The first-order valence-electron chi connectivity index (χ1n) is 9.21. The lowest BCUT2D eigenvalue weighted by Crippen LogP contribution is -2.36. The Morgan fingerprint density at radius 2 is 2.00 bits per heavy atom. The van der Waals surface area contributed by atoms with Crippen molar-refractivity contribution in [1.29, 1.82) is 0 Å². The van der Waals surface area contributed by atoms with Gasteiger partial charge in [-0.3, -0.25) is 5.32 Å². The summed E-state index contributed by atoms with van der Waals surface area (Å²) in [5.41, 5.74) is 2.47. The molecule has 2 aromatic heterocycles. The number of amides is 2. The Bertz CT molecular complexity index is 1020. The summed E-state index contributed by atoms with van der Waals surface area (Å²) in [5, 5.41) is 15.4. The molecular formula is C20H21N5O3. The number of phenols is 1. The van der Waals surface area contributed by atoms with Crippen LogP contribution < -0.4 is 15.4 Å². The van der Waals surface area contributed by atoms with Crippen molar-refractivity contribution in [3.05, 3.63) is 36.5 Å². The van der Waals surface area contributed by atoms with E-state index in [1.54, 1.807) is 18.2 Å². The van der Waals surface area contributed by atoms with Crippen LogP contribution in [0.3, 0.4) is 0 Å². The van der Waals surface area contributed by atoms with Crippen molar-refractivity contribution in [2.75, 3.05) is 12.4 Å². The Hall–Kier alpha value is -3.42. The summed E-state index contributed by atoms with van der Waals surface area (Å²) in [4.78, 5) is 25.4. The van der Waals surface area contributed by atoms with E-state index in [0.717, 1.165) is 31.2 Å². The average Bonchev–Trinajstić information content (AvgIpc) is 3.20. The van der Waals surface area contributed by atoms with Gasteiger partial charge in [0.05, 0.1) is 19.0 Å². The van der Waals surface area contributed by atoms with Crippen LogP contribution in [0.15, 0.2) is 36.5 Å². The molecule has 0 aliphatic heterocycles. The van der Waals surface area contributed by atoms with Gasteiger partial charge in [-0.25, -0.2) is 19.7 Å². The van der Waals surface area contributed by atoms with E-state index in [1.807, 2.05) is 12.1 Å². The normalized spacial score (nSPS) is 14.2. The Balaban J connectivity index is 1.57. The van der Waals surface area contributed by atoms with Crippen molar-refractivity contribution in [3.8, 4) is 22.8 Å². The summed E-state index contributed by atoms with van der Waals surface area (Å²) in [6.07, 6.45) is 5.84. The van der Waals surface area contributed by atoms with Crippen LogP contribution >= 0.6 is 0 Å². The van der Waals surface area contributed by atoms with E-state index in [0.29, 0.717) is 28.4 Å². The summed E-state index contributed by atoms with van der Waals surface area (Å²) in [6, 6.07) is 8.58. The molecule has 3 N–H and O–H groups in total. The van der Waals surface area contributed by atoms with E-state index in [2.05, 4.69) is 25.6 Å². The number of aromatic nitrogens is 3. The largest absolute Gasteiger partial charge is 0.504 e. The standard InChI is InChI=1S/C20H21N5O3/c1-28-17-10-12(6-9-16(17)26)14-7-8-15-19(23-14)24-18(11-21-15)25-20(27)22-13-4-2-3-5-13/h6-11,13,26H,2-5H2,1H3,(H2,22,23,24,25,27). The molecule has 1 aliphatic carbocycles. The number of hydrogen-bond acceptors (Lipinski definition) is 6. The number of phenolic OH excluding ortho intramolecular Hbond substituents is 1. The highest BCUT2D eigenvalue weighted by atomic mass is 16.5. The molecule has 0 spiro atoms. The fourth-order valence-electron chi connectivity index (χ4n) is 3.36. The molecular weight excluding hydrogens is 358 g/mol. The Kier molecular flexibility index (Phi) is 4.92. The van der Waals surface area contributed by atoms with Crippen LogP contribution in [0.2, 0.25) is 0 Å². The van der Waals surface area contributed by atoms with E-state index in [1.165, 1.54) is 13.3 Å². The molecule has 0 bridgehead atoms. The molecule has 8 heteroatoms. The van der Waals surface area contributed by atoms with E-state index in [-0.39, 0.29) is 17.8 Å². The van der Waals surface area contributed by atoms with Crippen LogP contribution in [0, 0.1) is 0 Å². The lowest BCUT2D eigenvalue weighted by Gasteiger charge is -2.12. The monoisotopic (exact) mass is 379 g/mol. The molecule has 1 aliphatic rings. The number of ether oxygens (including phenoxy) is 1. The van der Waals surface area contributed by atoms with Gasteiger partial charge in [-0.15, -0.1) is 0 Å². The SMILES string of the molecule is COc1cc(-c2ccc3ncc(NC(=O)NC4CCCC4)nc3n2)ccc1O. The molecule has 28 heavy (non-hydrogen) atoms. The maximum atomic E-state index is 12.1. The summed E-state index contributed by atoms with van der Waals surface area (Å²) in [5.74, 6) is 0.770. The summed E-state index contributed by atoms with van der Waals surface area (Å²) in [7, 11) is 1.49. The highest BCUT2D eigenvalue weighted by molar-refractivity contribution is 5.89. The first kappa shape index (κ1) is 18.0. The minimum Gasteiger partial charge on any atom is -0.504 e. The number of nitrogens with one attached hydrogen (secondary N) is 2. The van der Waals surface area contributed by atoms with E-state index >= 15 is 0 Å². The Morgan fingerprint density at radius 3 is 2.79 bits per heavy atom. The van der Waals surface area contributed by atoms with Gasteiger partial charge in [0, 0.05) is 11.6 Å². The van der Waals surface area contributed by atoms with Crippen molar-refractivity contribution in [3.63, 3.8) is 0 Å². The highest BCUT2D eigenvalue weighted by Crippen LogP contribution is 2.31. The van der Waals surface area contributed by atoms with Crippen LogP contribution in [-0.4, -0.2) is 39.2 Å². The fourth-order valence-corrected chi connectivity index (χ4v) is 3.36. The predicted octanol–water partition coefficient (Wildman–Crippen LogP) is 3.47. The zero-order chi connectivity index (χ0) is 19.5. The predicted molar refractivity (Wildman–Crippen MR) is 105 cm³/mol. The van der Waals surface area contributed by atoms with E-state index in [4.69, 9.17) is 4.74 Å². The number of methoxy groups -OCH3 is 1. The number of aromatic hydroxyl groups is 1. The van der Waals surface area contributed by atoms with Gasteiger partial charge in [0.2, 0.25) is 0 Å². The number of carbonyl (C=O) groups is 1. The second kappa shape index (κ2) is 7.67. The van der Waals surface area contributed by atoms with Gasteiger partial charge in [-0.1, -0.05) is 12.8 Å². The number of benzene rings is 1. The third-order valence-electron chi connectivity index (χ3n) is 4.81. The summed E-state index contributed by atoms with van der Waals surface area (Å²) >= 11 is 0. The van der Waals surface area contributed by atoms with Gasteiger partial charge >= 0.3 is 6.03 Å². The van der Waals surface area contributed by atoms with Crippen molar-refractivity contribution in [1.82, 2.24) is 20.3 Å². The third kappa shape index (κ3) is 3.80. The molecule has 0 atom stereocenters. The van der Waals surface area contributed by atoms with Gasteiger partial charge < -0.3 is 15.2 Å². The van der Waals surface area contributed by atoms with Crippen LogP contribution in [0.1, 0.15) is 25.7 Å². The Labute approximate surface area is 162 Å². The number of nitrogens with zero attached hydrogens (tertiary/aromatic N) is 3. The maximum Gasteiger partial charge on any atom is 0.320 e. The van der Waals surface area contributed by atoms with Crippen LogP contribution in [-0.2, 0) is 0 Å². The number of carbonyl (C=O) groups excluding carboxylic acids is 1. The number of fused-ring (bicyclic) bond motifs is 1. The number of urea groups is 1. The average molecular weight is 379 g/mol. The first-order valence-corrected chi connectivity index (χ1v) is 9.21. The highest BCUT2D eigenvalue weighted by Gasteiger charge is 2.17. The summed E-state index contributed by atoms with van der Waals surface area (Å²) < 4.78 is 5.15. The molecule has 144 valence electrons. The molecule has 1 aromatic carbocycles. The molecule has 4 rings (SSSR count). The molecule has 0 radical (unpaired) electrons. The van der Waals surface area contributed by atoms with Gasteiger partial charge in [-0.2, -0.15) is 0 Å². The lowest BCUT2D eigenvalue weighted by molar-refractivity contribution is 0.248. The third-order valence-corrected chi connectivity index (χ3v) is 4.81. The molecule has 2 amide bonds. The number of hydrogen-bond donors (Lipinski definition) is 3. The van der Waals surface area contributed by atoms with E-state index < -0.39 is 0 Å². The quantitative estimate of drug-likeness (QED) is 0.640. The maximum absolute atomic E-state index is 12.1. The van der Waals surface area contributed by atoms with Crippen molar-refractivity contribution >= 4 is 23.0 Å². The van der Waals surface area contributed by atoms with Crippen LogP contribution in [0.25, 0.3) is 22.4 Å². The van der Waals surface area contributed by atoms with Gasteiger partial charge in [-0.05, 0) is 43.2 Å². The first-order chi connectivity index (χ1) is 13.6. The number of rotatable bonds is 4. The minimum atomic E-state index is -0.278. The minimum absolute atomic E-state index is 0.0617. The van der Waals surface area contributed by atoms with Gasteiger partial charge in [0.1, 0.15) is 5.52 Å². The lowest BCUT2D eigenvalue weighted by atomic mass is 10.1. The summed E-state index contributed by atoms with van der Waals surface area (Å²) in [6.45, 7) is 0. The van der Waals surface area contributed by atoms with Crippen LogP contribution in [0.4, 0.5) is 10.6 Å². The van der Waals surface area contributed by atoms with E-state index in [9.17, 15) is 9.90 Å². The van der Waals surface area contributed by atoms with Crippen molar-refractivity contribution in [2.24, 2.45) is 0 Å². The smallest absolute Gasteiger partial charge is 0.320 e. The second-order valence-electron chi connectivity index (χ2n) is 6.76. The van der Waals surface area contributed by atoms with Crippen molar-refractivity contribution < 1.29 is 14.6 Å². The van der Waals surface area contributed by atoms with Gasteiger partial charge in [0.25, 0.3) is 0 Å². The number of pyridine rings is 1. The fraction of sp³-hybridized carbons (Fsp3) is 0.300. The topological polar surface area (TPSA) is 109 Å².